The van der Waals surface area contributed by atoms with Crippen molar-refractivity contribution in [1.82, 2.24) is 0 Å². The number of carbonyl (C=O) groups is 3. The molecule has 0 saturated heterocycles. The van der Waals surface area contributed by atoms with E-state index in [9.17, 15) is 14.4 Å². The number of nitrogens with one attached hydrogen (secondary N) is 1. The van der Waals surface area contributed by atoms with Gasteiger partial charge in [0, 0.05) is 10.0 Å². The average molecular weight is 439 g/mol. The Morgan fingerprint density at radius 1 is 1.15 bits per heavy atom. The zero-order valence-electron chi connectivity index (χ0n) is 14.1. The molecule has 0 radical (unpaired) electrons. The van der Waals surface area contributed by atoms with E-state index in [4.69, 9.17) is 16.3 Å². The predicted molar refractivity (Wildman–Crippen MR) is 104 cm³/mol. The molecule has 1 amide bonds. The van der Waals surface area contributed by atoms with Crippen LogP contribution in [0.3, 0.4) is 0 Å². The highest BCUT2D eigenvalue weighted by Gasteiger charge is 2.11. The molecule has 0 aliphatic heterocycles. The molecule has 0 aromatic heterocycles. The zero-order valence-corrected chi connectivity index (χ0v) is 16.4. The summed E-state index contributed by atoms with van der Waals surface area (Å²) >= 11 is 9.25. The minimum atomic E-state index is -0.286. The molecule has 0 aliphatic carbocycles. The summed E-state index contributed by atoms with van der Waals surface area (Å²) in [5.41, 5.74) is 2.29. The minimum Gasteiger partial charge on any atom is -0.466 e. The Bertz CT molecular complexity index is 821. The van der Waals surface area contributed by atoms with Gasteiger partial charge in [0.25, 0.3) is 0 Å². The fraction of sp³-hybridized carbons (Fsp3) is 0.211. The van der Waals surface area contributed by atoms with Gasteiger partial charge in [-0.05, 0) is 46.1 Å². The van der Waals surface area contributed by atoms with Crippen LogP contribution in [-0.4, -0.2) is 24.8 Å². The van der Waals surface area contributed by atoms with Crippen LogP contribution in [0.1, 0.15) is 28.4 Å². The number of ether oxygens (including phenoxy) is 1. The van der Waals surface area contributed by atoms with Crippen LogP contribution in [0.15, 0.2) is 40.9 Å². The summed E-state index contributed by atoms with van der Waals surface area (Å²) in [5.74, 6) is -0.559. The summed E-state index contributed by atoms with van der Waals surface area (Å²) in [7, 11) is 0. The largest absolute Gasteiger partial charge is 0.466 e. The van der Waals surface area contributed by atoms with Gasteiger partial charge in [-0.25, -0.2) is 0 Å². The molecule has 2 aromatic rings. The normalized spacial score (nSPS) is 10.3. The third-order valence-electron chi connectivity index (χ3n) is 3.53. The smallest absolute Gasteiger partial charge is 0.310 e. The van der Waals surface area contributed by atoms with Crippen molar-refractivity contribution in [3.63, 3.8) is 0 Å². The third kappa shape index (κ3) is 5.68. The van der Waals surface area contributed by atoms with Gasteiger partial charge in [-0.1, -0.05) is 35.9 Å². The Morgan fingerprint density at radius 2 is 1.77 bits per heavy atom. The maximum Gasteiger partial charge on any atom is 0.310 e. The van der Waals surface area contributed by atoms with Gasteiger partial charge in [0.15, 0.2) is 6.29 Å². The fourth-order valence-electron chi connectivity index (χ4n) is 2.30. The second-order valence-corrected chi connectivity index (χ2v) is 6.76. The quantitative estimate of drug-likeness (QED) is 0.519. The first-order valence-electron chi connectivity index (χ1n) is 7.90. The lowest BCUT2D eigenvalue weighted by Crippen LogP contribution is -2.15. The van der Waals surface area contributed by atoms with Crippen LogP contribution in [0.4, 0.5) is 5.69 Å². The molecule has 26 heavy (non-hydrogen) atoms. The second-order valence-electron chi connectivity index (χ2n) is 5.49. The summed E-state index contributed by atoms with van der Waals surface area (Å²) in [6, 6.07) is 10.2. The van der Waals surface area contributed by atoms with E-state index >= 15 is 0 Å². The topological polar surface area (TPSA) is 72.5 Å². The van der Waals surface area contributed by atoms with E-state index in [1.807, 2.05) is 0 Å². The SMILES string of the molecule is CCOC(=O)Cc1ccc(CC(=O)Nc2cc(Cl)c(Br)cc2C=O)cc1. The van der Waals surface area contributed by atoms with E-state index in [2.05, 4.69) is 21.2 Å². The molecule has 0 saturated carbocycles. The van der Waals surface area contributed by atoms with Crippen LogP contribution in [0.5, 0.6) is 0 Å². The lowest BCUT2D eigenvalue weighted by atomic mass is 10.1. The molecule has 0 unspecified atom stereocenters. The van der Waals surface area contributed by atoms with Gasteiger partial charge < -0.3 is 10.1 Å². The fourth-order valence-corrected chi connectivity index (χ4v) is 2.83. The first-order valence-corrected chi connectivity index (χ1v) is 9.07. The number of hydrogen-bond donors (Lipinski definition) is 1. The minimum absolute atomic E-state index is 0.131. The van der Waals surface area contributed by atoms with Crippen molar-refractivity contribution in [3.8, 4) is 0 Å². The van der Waals surface area contributed by atoms with Gasteiger partial charge in [-0.2, -0.15) is 0 Å². The lowest BCUT2D eigenvalue weighted by molar-refractivity contribution is -0.142. The van der Waals surface area contributed by atoms with Crippen LogP contribution >= 0.6 is 27.5 Å². The first-order chi connectivity index (χ1) is 12.4. The monoisotopic (exact) mass is 437 g/mol. The molecule has 0 fully saturated rings. The number of anilines is 1. The van der Waals surface area contributed by atoms with Crippen LogP contribution < -0.4 is 5.32 Å². The van der Waals surface area contributed by atoms with Gasteiger partial charge in [0.1, 0.15) is 0 Å². The molecular formula is C19H17BrClNO4. The molecule has 0 heterocycles. The Hall–Kier alpha value is -2.18. The highest BCUT2D eigenvalue weighted by atomic mass is 79.9. The van der Waals surface area contributed by atoms with E-state index in [1.165, 1.54) is 6.07 Å². The first kappa shape index (κ1) is 20.1. The summed E-state index contributed by atoms with van der Waals surface area (Å²) in [6.07, 6.45) is 0.979. The number of aldehydes is 1. The second kappa shape index (κ2) is 9.50. The Morgan fingerprint density at radius 3 is 2.35 bits per heavy atom. The van der Waals surface area contributed by atoms with E-state index < -0.39 is 0 Å². The molecule has 0 spiro atoms. The third-order valence-corrected chi connectivity index (χ3v) is 4.73. The number of carbonyl (C=O) groups excluding carboxylic acids is 3. The number of amides is 1. The Labute approximate surface area is 164 Å². The summed E-state index contributed by atoms with van der Waals surface area (Å²) in [5, 5.41) is 3.09. The molecule has 1 N–H and O–H groups in total. The van der Waals surface area contributed by atoms with Crippen LogP contribution in [0.25, 0.3) is 0 Å². The Kier molecular flexibility index (Phi) is 7.36. The van der Waals surface area contributed by atoms with E-state index in [0.29, 0.717) is 33.6 Å². The molecule has 0 aliphatic rings. The van der Waals surface area contributed by atoms with Crippen molar-refractivity contribution in [1.29, 1.82) is 0 Å². The predicted octanol–water partition coefficient (Wildman–Crippen LogP) is 4.20. The molecular weight excluding hydrogens is 422 g/mol. The Balaban J connectivity index is 2.01. The van der Waals surface area contributed by atoms with Gasteiger partial charge in [-0.3, -0.25) is 14.4 Å². The van der Waals surface area contributed by atoms with Crippen molar-refractivity contribution < 1.29 is 19.1 Å². The zero-order chi connectivity index (χ0) is 19.1. The van der Waals surface area contributed by atoms with Gasteiger partial charge in [-0.15, -0.1) is 0 Å². The highest BCUT2D eigenvalue weighted by Crippen LogP contribution is 2.28. The van der Waals surface area contributed by atoms with E-state index in [1.54, 1.807) is 37.3 Å². The van der Waals surface area contributed by atoms with Gasteiger partial charge in [0.05, 0.1) is 30.2 Å². The molecule has 5 nitrogen and oxygen atoms in total. The molecule has 136 valence electrons. The van der Waals surface area contributed by atoms with Crippen molar-refractivity contribution in [2.24, 2.45) is 0 Å². The van der Waals surface area contributed by atoms with Crippen LogP contribution in [-0.2, 0) is 27.2 Å². The molecule has 7 heteroatoms. The number of halogens is 2. The molecule has 0 bridgehead atoms. The number of rotatable bonds is 7. The van der Waals surface area contributed by atoms with Gasteiger partial charge in [0.2, 0.25) is 5.91 Å². The number of esters is 1. The molecule has 2 rings (SSSR count). The number of benzene rings is 2. The van der Waals surface area contributed by atoms with Crippen LogP contribution in [0, 0.1) is 0 Å². The van der Waals surface area contributed by atoms with E-state index in [-0.39, 0.29) is 24.7 Å². The van der Waals surface area contributed by atoms with Crippen molar-refractivity contribution in [2.75, 3.05) is 11.9 Å². The van der Waals surface area contributed by atoms with Crippen molar-refractivity contribution in [2.45, 2.75) is 19.8 Å². The summed E-state index contributed by atoms with van der Waals surface area (Å²) < 4.78 is 5.48. The maximum absolute atomic E-state index is 12.2. The molecule has 2 aromatic carbocycles. The highest BCUT2D eigenvalue weighted by molar-refractivity contribution is 9.10. The van der Waals surface area contributed by atoms with E-state index in [0.717, 1.165) is 11.1 Å². The van der Waals surface area contributed by atoms with Crippen molar-refractivity contribution in [3.05, 3.63) is 62.6 Å². The average Bonchev–Trinajstić information content (AvgIpc) is 2.60. The lowest BCUT2D eigenvalue weighted by Gasteiger charge is -2.10. The number of hydrogen-bond acceptors (Lipinski definition) is 4. The summed E-state index contributed by atoms with van der Waals surface area (Å²) in [4.78, 5) is 34.8. The van der Waals surface area contributed by atoms with Crippen LogP contribution in [0.2, 0.25) is 5.02 Å². The van der Waals surface area contributed by atoms with Gasteiger partial charge >= 0.3 is 5.97 Å². The summed E-state index contributed by atoms with van der Waals surface area (Å²) in [6.45, 7) is 2.11. The van der Waals surface area contributed by atoms with Crippen molar-refractivity contribution >= 4 is 51.4 Å². The maximum atomic E-state index is 12.2. The molecule has 0 atom stereocenters. The standard InChI is InChI=1S/C19H17BrClNO4/c1-2-26-19(25)8-13-5-3-12(4-6-13)7-18(24)22-17-10-16(21)15(20)9-14(17)11-23/h3-6,9-11H,2,7-8H2,1H3,(H,22,24).